The summed E-state index contributed by atoms with van der Waals surface area (Å²) in [5.41, 5.74) is 18.5. The van der Waals surface area contributed by atoms with Crippen LogP contribution in [-0.2, 0) is 0 Å². The molecule has 0 unspecified atom stereocenters. The molecular weight excluding hydrogens is 695 g/mol. The molecule has 0 atom stereocenters. The van der Waals surface area contributed by atoms with Crippen LogP contribution >= 0.6 is 11.3 Å². The van der Waals surface area contributed by atoms with E-state index in [1.807, 2.05) is 11.3 Å². The summed E-state index contributed by atoms with van der Waals surface area (Å²) in [6.07, 6.45) is 0. The lowest BCUT2D eigenvalue weighted by molar-refractivity contribution is 1.18. The highest BCUT2D eigenvalue weighted by Crippen LogP contribution is 2.52. The maximum atomic E-state index is 2.46. The molecule has 9 aromatic carbocycles. The summed E-state index contributed by atoms with van der Waals surface area (Å²) in [7, 11) is 0. The van der Waals surface area contributed by atoms with E-state index in [9.17, 15) is 0 Å². The third-order valence-electron chi connectivity index (χ3n) is 11.8. The van der Waals surface area contributed by atoms with Crippen molar-refractivity contribution >= 4 is 53.3 Å². The second-order valence-electron chi connectivity index (χ2n) is 14.8. The predicted molar refractivity (Wildman–Crippen MR) is 240 cm³/mol. The monoisotopic (exact) mass is 727 g/mol. The van der Waals surface area contributed by atoms with E-state index in [1.165, 1.54) is 114 Å². The molecule has 12 rings (SSSR count). The van der Waals surface area contributed by atoms with Crippen molar-refractivity contribution in [3.05, 3.63) is 200 Å². The largest absolute Gasteiger partial charge is 0.309 e. The molecule has 2 heteroatoms. The van der Waals surface area contributed by atoms with Crippen LogP contribution in [0.2, 0.25) is 0 Å². The topological polar surface area (TPSA) is 4.93 Å². The number of fused-ring (bicyclic) bond motifs is 14. The molecular formula is C54H33NS. The Morgan fingerprint density at radius 3 is 1.55 bits per heavy atom. The summed E-state index contributed by atoms with van der Waals surface area (Å²) in [5, 5.41) is 5.13. The Morgan fingerprint density at radius 2 is 0.804 bits per heavy atom. The standard InChI is InChI=1S/C54H33NS/c1-2-14-37(15-3-1)55-50-24-12-10-21-43(50)47-31-35(26-28-51(47)55)46-32-36(34-27-29-53-48(30-34)44-22-11-13-25-52(44)56-53)33-49-42-20-7-6-18-40(42)38-16-4-5-17-39(38)41-19-8-9-23-45(41)54(46)49/h1-33H. The Morgan fingerprint density at radius 1 is 0.286 bits per heavy atom. The summed E-state index contributed by atoms with van der Waals surface area (Å²) in [5.74, 6) is 0. The summed E-state index contributed by atoms with van der Waals surface area (Å²) < 4.78 is 5.04. The molecule has 2 heterocycles. The Hall–Kier alpha value is -7.00. The van der Waals surface area contributed by atoms with Crippen LogP contribution in [0.5, 0.6) is 0 Å². The number of hydrogen-bond acceptors (Lipinski definition) is 1. The predicted octanol–water partition coefficient (Wildman–Crippen LogP) is 15.5. The molecule has 0 aliphatic heterocycles. The highest BCUT2D eigenvalue weighted by molar-refractivity contribution is 7.25. The van der Waals surface area contributed by atoms with E-state index < -0.39 is 0 Å². The number of rotatable bonds is 3. The number of thiophene rings is 1. The molecule has 0 fully saturated rings. The van der Waals surface area contributed by atoms with Crippen LogP contribution in [0.3, 0.4) is 0 Å². The summed E-state index contributed by atoms with van der Waals surface area (Å²) in [6.45, 7) is 0. The van der Waals surface area contributed by atoms with Gasteiger partial charge in [0.15, 0.2) is 0 Å². The SMILES string of the molecule is c1ccc(-n2c3ccccc3c3cc(-c4cc(-c5ccc6sc7ccccc7c6c5)cc5c4-c4ccccc4-c4ccccc4-c4ccccc4-5)ccc32)cc1. The van der Waals surface area contributed by atoms with E-state index in [-0.39, 0.29) is 0 Å². The second-order valence-corrected chi connectivity index (χ2v) is 15.9. The Bertz CT molecular complexity index is 3360. The van der Waals surface area contributed by atoms with Gasteiger partial charge in [-0.2, -0.15) is 0 Å². The van der Waals surface area contributed by atoms with Gasteiger partial charge >= 0.3 is 0 Å². The number of para-hydroxylation sites is 2. The van der Waals surface area contributed by atoms with E-state index in [0.717, 1.165) is 0 Å². The molecule has 0 saturated heterocycles. The minimum atomic E-state index is 1.17. The molecule has 1 aliphatic carbocycles. The summed E-state index contributed by atoms with van der Waals surface area (Å²) >= 11 is 1.87. The van der Waals surface area contributed by atoms with E-state index in [0.29, 0.717) is 0 Å². The first kappa shape index (κ1) is 31.4. The molecule has 0 radical (unpaired) electrons. The third-order valence-corrected chi connectivity index (χ3v) is 12.9. The van der Waals surface area contributed by atoms with Crippen LogP contribution < -0.4 is 0 Å². The van der Waals surface area contributed by atoms with Gasteiger partial charge in [0.05, 0.1) is 11.0 Å². The lowest BCUT2D eigenvalue weighted by atomic mass is 9.77. The molecule has 2 aromatic heterocycles. The van der Waals surface area contributed by atoms with Gasteiger partial charge in [-0.1, -0.05) is 140 Å². The molecule has 11 aromatic rings. The second kappa shape index (κ2) is 12.3. The van der Waals surface area contributed by atoms with Crippen LogP contribution in [0.4, 0.5) is 0 Å². The fourth-order valence-electron chi connectivity index (χ4n) is 9.28. The molecule has 0 bridgehead atoms. The van der Waals surface area contributed by atoms with Crippen molar-refractivity contribution in [3.63, 3.8) is 0 Å². The fourth-order valence-corrected chi connectivity index (χ4v) is 10.4. The van der Waals surface area contributed by atoms with Crippen LogP contribution in [-0.4, -0.2) is 4.57 Å². The van der Waals surface area contributed by atoms with Gasteiger partial charge in [0.2, 0.25) is 0 Å². The van der Waals surface area contributed by atoms with Crippen LogP contribution in [0.1, 0.15) is 0 Å². The van der Waals surface area contributed by atoms with Crippen molar-refractivity contribution in [3.8, 4) is 72.4 Å². The number of aromatic nitrogens is 1. The van der Waals surface area contributed by atoms with Gasteiger partial charge in [0.25, 0.3) is 0 Å². The summed E-state index contributed by atoms with van der Waals surface area (Å²) in [4.78, 5) is 0. The molecule has 0 N–H and O–H groups in total. The number of hydrogen-bond donors (Lipinski definition) is 0. The Balaban J connectivity index is 1.20. The molecule has 260 valence electrons. The first-order valence-corrected chi connectivity index (χ1v) is 20.1. The Labute approximate surface area is 329 Å². The van der Waals surface area contributed by atoms with Crippen molar-refractivity contribution in [2.45, 2.75) is 0 Å². The van der Waals surface area contributed by atoms with Gasteiger partial charge in [-0.25, -0.2) is 0 Å². The molecule has 0 spiro atoms. The first-order chi connectivity index (χ1) is 27.8. The molecule has 0 saturated carbocycles. The van der Waals surface area contributed by atoms with Gasteiger partial charge in [0.1, 0.15) is 0 Å². The third kappa shape index (κ3) is 4.67. The van der Waals surface area contributed by atoms with Crippen molar-refractivity contribution < 1.29 is 0 Å². The zero-order valence-corrected chi connectivity index (χ0v) is 31.2. The fraction of sp³-hybridized carbons (Fsp3) is 0. The summed E-state index contributed by atoms with van der Waals surface area (Å²) in [6, 6.07) is 74.3. The van der Waals surface area contributed by atoms with Gasteiger partial charge in [0, 0.05) is 36.6 Å². The van der Waals surface area contributed by atoms with E-state index in [4.69, 9.17) is 0 Å². The molecule has 56 heavy (non-hydrogen) atoms. The van der Waals surface area contributed by atoms with Gasteiger partial charge in [-0.3, -0.25) is 0 Å². The van der Waals surface area contributed by atoms with E-state index in [1.54, 1.807) is 0 Å². The van der Waals surface area contributed by atoms with Gasteiger partial charge in [-0.15, -0.1) is 11.3 Å². The van der Waals surface area contributed by atoms with E-state index >= 15 is 0 Å². The number of benzene rings is 9. The van der Waals surface area contributed by atoms with Gasteiger partial charge in [-0.05, 0) is 127 Å². The van der Waals surface area contributed by atoms with Crippen molar-refractivity contribution in [2.24, 2.45) is 0 Å². The molecule has 1 aliphatic rings. The number of nitrogens with zero attached hydrogens (tertiary/aromatic N) is 1. The zero-order chi connectivity index (χ0) is 36.7. The van der Waals surface area contributed by atoms with Crippen LogP contribution in [0.25, 0.3) is 114 Å². The lowest BCUT2D eigenvalue weighted by Crippen LogP contribution is -1.99. The Kier molecular flexibility index (Phi) is 6.87. The maximum Gasteiger partial charge on any atom is 0.0541 e. The zero-order valence-electron chi connectivity index (χ0n) is 30.4. The average Bonchev–Trinajstić information content (AvgIpc) is 3.81. The highest BCUT2D eigenvalue weighted by atomic mass is 32.1. The molecule has 1 nitrogen and oxygen atoms in total. The van der Waals surface area contributed by atoms with Crippen LogP contribution in [0.15, 0.2) is 200 Å². The van der Waals surface area contributed by atoms with Crippen molar-refractivity contribution in [1.29, 1.82) is 0 Å². The smallest absolute Gasteiger partial charge is 0.0541 e. The lowest BCUT2D eigenvalue weighted by Gasteiger charge is -2.26. The minimum Gasteiger partial charge on any atom is -0.309 e. The maximum absolute atomic E-state index is 2.46. The van der Waals surface area contributed by atoms with E-state index in [2.05, 4.69) is 205 Å². The van der Waals surface area contributed by atoms with Crippen LogP contribution in [0, 0.1) is 0 Å². The highest BCUT2D eigenvalue weighted by Gasteiger charge is 2.26. The van der Waals surface area contributed by atoms with Crippen molar-refractivity contribution in [1.82, 2.24) is 4.57 Å². The quantitative estimate of drug-likeness (QED) is 0.171. The van der Waals surface area contributed by atoms with Gasteiger partial charge < -0.3 is 4.57 Å². The minimum absolute atomic E-state index is 1.17. The molecule has 0 amide bonds. The normalized spacial score (nSPS) is 11.9. The first-order valence-electron chi connectivity index (χ1n) is 19.3. The average molecular weight is 728 g/mol. The van der Waals surface area contributed by atoms with Crippen molar-refractivity contribution in [2.75, 3.05) is 0 Å².